The summed E-state index contributed by atoms with van der Waals surface area (Å²) in [5.41, 5.74) is 6.67. The van der Waals surface area contributed by atoms with Crippen LogP contribution in [0.25, 0.3) is 0 Å². The second-order valence-electron chi connectivity index (χ2n) is 5.74. The number of carbonyl (C=O) groups is 1. The predicted octanol–water partition coefficient (Wildman–Crippen LogP) is 1.82. The third kappa shape index (κ3) is 2.33. The maximum atomic E-state index is 12.4. The zero-order chi connectivity index (χ0) is 14.9. The highest BCUT2D eigenvalue weighted by Crippen LogP contribution is 2.42. The van der Waals surface area contributed by atoms with Gasteiger partial charge in [-0.05, 0) is 18.6 Å². The van der Waals surface area contributed by atoms with E-state index in [1.165, 1.54) is 7.11 Å². The number of nitrogens with one attached hydrogen (secondary N) is 1. The average molecular weight is 278 g/mol. The molecular weight excluding hydrogens is 256 g/mol. The fourth-order valence-electron chi connectivity index (χ4n) is 2.73. The van der Waals surface area contributed by atoms with Gasteiger partial charge in [0.15, 0.2) is 5.75 Å². The summed E-state index contributed by atoms with van der Waals surface area (Å²) in [4.78, 5) is 12.4. The first kappa shape index (κ1) is 14.7. The molecule has 0 saturated heterocycles. The van der Waals surface area contributed by atoms with Crippen LogP contribution >= 0.6 is 0 Å². The number of nitrogen functional groups attached to an aromatic ring is 1. The van der Waals surface area contributed by atoms with E-state index >= 15 is 0 Å². The first-order chi connectivity index (χ1) is 9.41. The van der Waals surface area contributed by atoms with Crippen LogP contribution in [0.15, 0.2) is 18.2 Å². The van der Waals surface area contributed by atoms with Gasteiger partial charge in [0, 0.05) is 18.6 Å². The lowest BCUT2D eigenvalue weighted by atomic mass is 9.64. The van der Waals surface area contributed by atoms with Crippen LogP contribution in [-0.2, 0) is 4.74 Å². The Labute approximate surface area is 119 Å². The zero-order valence-electron chi connectivity index (χ0n) is 12.4. The van der Waals surface area contributed by atoms with Gasteiger partial charge in [0.1, 0.15) is 0 Å². The van der Waals surface area contributed by atoms with Gasteiger partial charge in [-0.25, -0.2) is 0 Å². The third-order valence-corrected chi connectivity index (χ3v) is 4.26. The molecule has 3 N–H and O–H groups in total. The SMILES string of the molecule is COc1c(N)cccc1C(=O)NC1CC(OC)C1(C)C. The summed E-state index contributed by atoms with van der Waals surface area (Å²) in [5, 5.41) is 3.03. The number of para-hydroxylation sites is 1. The van der Waals surface area contributed by atoms with Gasteiger partial charge < -0.3 is 20.5 Å². The minimum Gasteiger partial charge on any atom is -0.494 e. The lowest BCUT2D eigenvalue weighted by Crippen LogP contribution is -2.61. The number of rotatable bonds is 4. The smallest absolute Gasteiger partial charge is 0.255 e. The van der Waals surface area contributed by atoms with E-state index in [0.717, 1.165) is 6.42 Å². The van der Waals surface area contributed by atoms with E-state index < -0.39 is 0 Å². The normalized spacial score (nSPS) is 23.8. The molecule has 110 valence electrons. The van der Waals surface area contributed by atoms with Gasteiger partial charge in [-0.1, -0.05) is 19.9 Å². The van der Waals surface area contributed by atoms with E-state index in [9.17, 15) is 4.79 Å². The molecule has 1 aliphatic carbocycles. The minimum absolute atomic E-state index is 0.0715. The van der Waals surface area contributed by atoms with Crippen molar-refractivity contribution in [2.75, 3.05) is 20.0 Å². The summed E-state index contributed by atoms with van der Waals surface area (Å²) >= 11 is 0. The van der Waals surface area contributed by atoms with Crippen molar-refractivity contribution in [1.82, 2.24) is 5.32 Å². The molecule has 5 heteroatoms. The van der Waals surface area contributed by atoms with E-state index in [2.05, 4.69) is 19.2 Å². The van der Waals surface area contributed by atoms with E-state index in [-0.39, 0.29) is 23.5 Å². The maximum absolute atomic E-state index is 12.4. The fourth-order valence-corrected chi connectivity index (χ4v) is 2.73. The second-order valence-corrected chi connectivity index (χ2v) is 5.74. The molecule has 0 aromatic heterocycles. The van der Waals surface area contributed by atoms with Crippen LogP contribution < -0.4 is 15.8 Å². The van der Waals surface area contributed by atoms with Gasteiger partial charge >= 0.3 is 0 Å². The summed E-state index contributed by atoms with van der Waals surface area (Å²) in [6.07, 6.45) is 0.996. The molecule has 1 amide bonds. The topological polar surface area (TPSA) is 73.6 Å². The molecule has 0 heterocycles. The van der Waals surface area contributed by atoms with E-state index in [4.69, 9.17) is 15.2 Å². The monoisotopic (exact) mass is 278 g/mol. The highest BCUT2D eigenvalue weighted by Gasteiger charge is 2.49. The largest absolute Gasteiger partial charge is 0.494 e. The summed E-state index contributed by atoms with van der Waals surface area (Å²) in [6, 6.07) is 5.26. The third-order valence-electron chi connectivity index (χ3n) is 4.26. The Kier molecular flexibility index (Phi) is 3.90. The van der Waals surface area contributed by atoms with Crippen LogP contribution in [-0.4, -0.2) is 32.3 Å². The quantitative estimate of drug-likeness (QED) is 0.824. The van der Waals surface area contributed by atoms with E-state index in [1.54, 1.807) is 25.3 Å². The Morgan fingerprint density at radius 2 is 2.10 bits per heavy atom. The van der Waals surface area contributed by atoms with Gasteiger partial charge in [0.05, 0.1) is 24.5 Å². The van der Waals surface area contributed by atoms with Crippen molar-refractivity contribution in [2.24, 2.45) is 5.41 Å². The minimum atomic E-state index is -0.165. The summed E-state index contributed by atoms with van der Waals surface area (Å²) in [7, 11) is 3.21. The molecule has 0 bridgehead atoms. The fraction of sp³-hybridized carbons (Fsp3) is 0.533. The first-order valence-corrected chi connectivity index (χ1v) is 6.68. The molecule has 0 radical (unpaired) electrons. The molecule has 1 saturated carbocycles. The number of methoxy groups -OCH3 is 2. The molecule has 2 atom stereocenters. The molecule has 20 heavy (non-hydrogen) atoms. The van der Waals surface area contributed by atoms with Crippen molar-refractivity contribution in [3.63, 3.8) is 0 Å². The molecule has 0 spiro atoms. The molecule has 1 aromatic rings. The number of hydrogen-bond acceptors (Lipinski definition) is 4. The zero-order valence-corrected chi connectivity index (χ0v) is 12.4. The first-order valence-electron chi connectivity index (χ1n) is 6.68. The molecule has 2 rings (SSSR count). The van der Waals surface area contributed by atoms with Gasteiger partial charge in [-0.2, -0.15) is 0 Å². The highest BCUT2D eigenvalue weighted by atomic mass is 16.5. The molecule has 1 aliphatic rings. The van der Waals surface area contributed by atoms with Gasteiger partial charge in [0.2, 0.25) is 0 Å². The van der Waals surface area contributed by atoms with Crippen LogP contribution in [0.5, 0.6) is 5.75 Å². The molecule has 2 unspecified atom stereocenters. The second kappa shape index (κ2) is 5.32. The van der Waals surface area contributed by atoms with Crippen LogP contribution in [0.1, 0.15) is 30.6 Å². The molecule has 5 nitrogen and oxygen atoms in total. The predicted molar refractivity (Wildman–Crippen MR) is 77.9 cm³/mol. The molecule has 0 aliphatic heterocycles. The van der Waals surface area contributed by atoms with E-state index in [0.29, 0.717) is 17.0 Å². The Bertz CT molecular complexity index is 514. The summed E-state index contributed by atoms with van der Waals surface area (Å²) in [6.45, 7) is 4.18. The number of nitrogens with two attached hydrogens (primary N) is 1. The van der Waals surface area contributed by atoms with Crippen LogP contribution in [0.2, 0.25) is 0 Å². The lowest BCUT2D eigenvalue weighted by molar-refractivity contribution is -0.0942. The van der Waals surface area contributed by atoms with Gasteiger partial charge in [-0.15, -0.1) is 0 Å². The summed E-state index contributed by atoms with van der Waals surface area (Å²) in [5.74, 6) is 0.257. The lowest BCUT2D eigenvalue weighted by Gasteiger charge is -2.51. The van der Waals surface area contributed by atoms with Crippen molar-refractivity contribution < 1.29 is 14.3 Å². The van der Waals surface area contributed by atoms with E-state index in [1.807, 2.05) is 0 Å². The van der Waals surface area contributed by atoms with Crippen molar-refractivity contribution in [3.8, 4) is 5.75 Å². The van der Waals surface area contributed by atoms with Gasteiger partial charge in [-0.3, -0.25) is 4.79 Å². The standard InChI is InChI=1S/C15H22N2O3/c1-15(2)11(8-12(15)19-3)17-14(18)9-6-5-7-10(16)13(9)20-4/h5-7,11-12H,8,16H2,1-4H3,(H,17,18). The number of benzene rings is 1. The Hall–Kier alpha value is -1.75. The Morgan fingerprint density at radius 3 is 2.65 bits per heavy atom. The van der Waals surface area contributed by atoms with Gasteiger partial charge in [0.25, 0.3) is 5.91 Å². The van der Waals surface area contributed by atoms with Crippen LogP contribution in [0.3, 0.4) is 0 Å². The number of hydrogen-bond donors (Lipinski definition) is 2. The van der Waals surface area contributed by atoms with Crippen molar-refractivity contribution in [3.05, 3.63) is 23.8 Å². The number of anilines is 1. The molecular formula is C15H22N2O3. The number of ether oxygens (including phenoxy) is 2. The van der Waals surface area contributed by atoms with Crippen molar-refractivity contribution in [2.45, 2.75) is 32.4 Å². The summed E-state index contributed by atoms with van der Waals surface area (Å²) < 4.78 is 10.6. The molecule has 1 fully saturated rings. The number of carbonyl (C=O) groups excluding carboxylic acids is 1. The number of amides is 1. The average Bonchev–Trinajstić information content (AvgIpc) is 2.42. The van der Waals surface area contributed by atoms with Crippen molar-refractivity contribution >= 4 is 11.6 Å². The van der Waals surface area contributed by atoms with Crippen molar-refractivity contribution in [1.29, 1.82) is 0 Å². The Morgan fingerprint density at radius 1 is 1.40 bits per heavy atom. The Balaban J connectivity index is 2.13. The van der Waals surface area contributed by atoms with Crippen LogP contribution in [0, 0.1) is 5.41 Å². The highest BCUT2D eigenvalue weighted by molar-refractivity contribution is 5.98. The maximum Gasteiger partial charge on any atom is 0.255 e. The molecule has 1 aromatic carbocycles. The van der Waals surface area contributed by atoms with Crippen LogP contribution in [0.4, 0.5) is 5.69 Å².